The van der Waals surface area contributed by atoms with Gasteiger partial charge in [-0.2, -0.15) is 0 Å². The first-order chi connectivity index (χ1) is 32.0. The summed E-state index contributed by atoms with van der Waals surface area (Å²) in [4.78, 5) is 38.0. The minimum absolute atomic E-state index is 0.0883. The lowest BCUT2D eigenvalue weighted by molar-refractivity contribution is -0.167. The fraction of sp³-hybridized carbons (Fsp3) is 0.712. The van der Waals surface area contributed by atoms with Crippen molar-refractivity contribution >= 4 is 17.9 Å². The van der Waals surface area contributed by atoms with Gasteiger partial charge in [-0.1, -0.05) is 279 Å². The third-order valence-electron chi connectivity index (χ3n) is 11.6. The van der Waals surface area contributed by atoms with Gasteiger partial charge >= 0.3 is 17.9 Å². The van der Waals surface area contributed by atoms with Crippen molar-refractivity contribution in [2.24, 2.45) is 0 Å². The van der Waals surface area contributed by atoms with E-state index < -0.39 is 6.10 Å². The summed E-state index contributed by atoms with van der Waals surface area (Å²) in [6, 6.07) is 0. The average Bonchev–Trinajstić information content (AvgIpc) is 3.30. The molecule has 0 aliphatic rings. The van der Waals surface area contributed by atoms with Crippen LogP contribution in [0.4, 0.5) is 0 Å². The van der Waals surface area contributed by atoms with E-state index in [9.17, 15) is 14.4 Å². The van der Waals surface area contributed by atoms with E-state index in [-0.39, 0.29) is 31.1 Å². The van der Waals surface area contributed by atoms with Gasteiger partial charge in [0.1, 0.15) is 13.2 Å². The zero-order valence-corrected chi connectivity index (χ0v) is 42.5. The summed E-state index contributed by atoms with van der Waals surface area (Å²) < 4.78 is 16.8. The van der Waals surface area contributed by atoms with E-state index in [1.807, 2.05) is 72.9 Å². The molecule has 0 heterocycles. The third kappa shape index (κ3) is 51.4. The van der Waals surface area contributed by atoms with Crippen LogP contribution in [0, 0.1) is 0 Å². The van der Waals surface area contributed by atoms with Crippen LogP contribution in [-0.4, -0.2) is 37.2 Å². The molecule has 6 heteroatoms. The minimum atomic E-state index is -0.792. The molecule has 372 valence electrons. The Morgan fingerprint density at radius 1 is 0.323 bits per heavy atom. The van der Waals surface area contributed by atoms with E-state index in [1.54, 1.807) is 0 Å². The summed E-state index contributed by atoms with van der Waals surface area (Å²) in [5.74, 6) is -0.928. The van der Waals surface area contributed by atoms with Gasteiger partial charge in [-0.25, -0.2) is 0 Å². The van der Waals surface area contributed by atoms with Crippen LogP contribution in [0.1, 0.15) is 252 Å². The standard InChI is InChI=1S/C59H100O6/c1-4-7-10-13-16-19-22-25-27-28-29-30-32-34-37-40-43-46-49-52-58(61)64-55-56(54-63-57(60)51-48-45-42-39-36-33-24-21-18-15-12-9-6-3)65-59(62)53-50-47-44-41-38-35-31-26-23-20-17-14-11-8-5-2/h7,10,13,16,19,22,25,27-30,32,34,37,56H,4-6,8-9,11-12,14-15,17-18,20-21,23-24,26,31,33,35-36,38-55H2,1-3H3/b10-7-,16-13-,22-19-,27-25-,29-28+,32-30-,37-34-. The molecule has 0 fully saturated rings. The number of carbonyl (C=O) groups is 3. The Kier molecular flexibility index (Phi) is 50.4. The number of rotatable bonds is 48. The number of allylic oxidation sites excluding steroid dienone is 14. The van der Waals surface area contributed by atoms with Gasteiger partial charge in [0.05, 0.1) is 0 Å². The van der Waals surface area contributed by atoms with Crippen molar-refractivity contribution in [2.75, 3.05) is 13.2 Å². The van der Waals surface area contributed by atoms with E-state index >= 15 is 0 Å². The number of ether oxygens (including phenoxy) is 3. The van der Waals surface area contributed by atoms with Crippen LogP contribution in [0.2, 0.25) is 0 Å². The predicted molar refractivity (Wildman–Crippen MR) is 279 cm³/mol. The first kappa shape index (κ1) is 61.6. The van der Waals surface area contributed by atoms with Crippen molar-refractivity contribution in [1.82, 2.24) is 0 Å². The van der Waals surface area contributed by atoms with Crippen molar-refractivity contribution < 1.29 is 28.6 Å². The second kappa shape index (κ2) is 53.2. The van der Waals surface area contributed by atoms with Crippen LogP contribution in [0.5, 0.6) is 0 Å². The molecule has 0 rings (SSSR count). The topological polar surface area (TPSA) is 78.9 Å². The minimum Gasteiger partial charge on any atom is -0.462 e. The summed E-state index contributed by atoms with van der Waals surface area (Å²) in [6.45, 7) is 6.47. The average molecular weight is 905 g/mol. The SMILES string of the molecule is CC\C=C/C=C\C=C/C=C\C=C\C=C/C=C\CCCCCC(=O)OCC(COC(=O)CCCCCCCCCCCCCCC)OC(=O)CCCCCCCCCCCCCCCCC. The van der Waals surface area contributed by atoms with Gasteiger partial charge in [0.15, 0.2) is 6.10 Å². The largest absolute Gasteiger partial charge is 0.462 e. The van der Waals surface area contributed by atoms with E-state index in [0.29, 0.717) is 19.3 Å². The molecule has 0 aliphatic carbocycles. The van der Waals surface area contributed by atoms with Crippen molar-refractivity contribution in [3.8, 4) is 0 Å². The number of carbonyl (C=O) groups excluding carboxylic acids is 3. The fourth-order valence-corrected chi connectivity index (χ4v) is 7.54. The van der Waals surface area contributed by atoms with Gasteiger partial charge < -0.3 is 14.2 Å². The first-order valence-electron chi connectivity index (χ1n) is 27.2. The monoisotopic (exact) mass is 905 g/mol. The lowest BCUT2D eigenvalue weighted by atomic mass is 10.0. The van der Waals surface area contributed by atoms with E-state index in [1.165, 1.54) is 141 Å². The maximum atomic E-state index is 12.8. The van der Waals surface area contributed by atoms with Crippen LogP contribution >= 0.6 is 0 Å². The molecule has 0 spiro atoms. The molecule has 1 atom stereocenters. The Labute approximate surface area is 401 Å². The highest BCUT2D eigenvalue weighted by Crippen LogP contribution is 2.16. The highest BCUT2D eigenvalue weighted by atomic mass is 16.6. The van der Waals surface area contributed by atoms with Gasteiger partial charge in [-0.3, -0.25) is 14.4 Å². The first-order valence-corrected chi connectivity index (χ1v) is 27.2. The second-order valence-corrected chi connectivity index (χ2v) is 18.0. The number of unbranched alkanes of at least 4 members (excludes halogenated alkanes) is 29. The molecule has 0 aliphatic heterocycles. The van der Waals surface area contributed by atoms with Gasteiger partial charge in [0.2, 0.25) is 0 Å². The Bertz CT molecular complexity index is 1270. The summed E-state index contributed by atoms with van der Waals surface area (Å²) in [5.41, 5.74) is 0. The number of hydrogen-bond acceptors (Lipinski definition) is 6. The summed E-state index contributed by atoms with van der Waals surface area (Å²) >= 11 is 0. The molecule has 0 aromatic carbocycles. The van der Waals surface area contributed by atoms with E-state index in [0.717, 1.165) is 70.6 Å². The molecule has 0 N–H and O–H groups in total. The van der Waals surface area contributed by atoms with Crippen molar-refractivity contribution in [1.29, 1.82) is 0 Å². The van der Waals surface area contributed by atoms with Gasteiger partial charge in [0, 0.05) is 19.3 Å². The number of esters is 3. The summed E-state index contributed by atoms with van der Waals surface area (Å²) in [5, 5.41) is 0. The fourth-order valence-electron chi connectivity index (χ4n) is 7.54. The quantitative estimate of drug-likeness (QED) is 0.0262. The van der Waals surface area contributed by atoms with Crippen molar-refractivity contribution in [2.45, 2.75) is 258 Å². The predicted octanol–water partition coefficient (Wildman–Crippen LogP) is 18.0. The van der Waals surface area contributed by atoms with Crippen LogP contribution in [-0.2, 0) is 28.6 Å². The zero-order chi connectivity index (χ0) is 47.2. The second-order valence-electron chi connectivity index (χ2n) is 18.0. The van der Waals surface area contributed by atoms with Crippen LogP contribution in [0.15, 0.2) is 85.1 Å². The normalized spacial score (nSPS) is 12.7. The van der Waals surface area contributed by atoms with Gasteiger partial charge in [-0.05, 0) is 38.5 Å². The van der Waals surface area contributed by atoms with E-state index in [2.05, 4.69) is 32.9 Å². The molecular formula is C59H100O6. The molecule has 0 bridgehead atoms. The maximum absolute atomic E-state index is 12.8. The van der Waals surface area contributed by atoms with Gasteiger partial charge in [-0.15, -0.1) is 0 Å². The Morgan fingerprint density at radius 3 is 0.938 bits per heavy atom. The number of hydrogen-bond donors (Lipinski definition) is 0. The highest BCUT2D eigenvalue weighted by Gasteiger charge is 2.19. The molecule has 0 amide bonds. The Hall–Kier alpha value is -3.41. The summed E-state index contributed by atoms with van der Waals surface area (Å²) in [6.07, 6.45) is 68.4. The third-order valence-corrected chi connectivity index (χ3v) is 11.6. The Morgan fingerprint density at radius 2 is 0.600 bits per heavy atom. The highest BCUT2D eigenvalue weighted by molar-refractivity contribution is 5.71. The molecule has 0 aromatic heterocycles. The smallest absolute Gasteiger partial charge is 0.306 e. The maximum Gasteiger partial charge on any atom is 0.306 e. The molecule has 0 aromatic rings. The van der Waals surface area contributed by atoms with Gasteiger partial charge in [0.25, 0.3) is 0 Å². The Balaban J connectivity index is 4.47. The molecule has 0 saturated carbocycles. The van der Waals surface area contributed by atoms with E-state index in [4.69, 9.17) is 14.2 Å². The molecule has 0 saturated heterocycles. The summed E-state index contributed by atoms with van der Waals surface area (Å²) in [7, 11) is 0. The zero-order valence-electron chi connectivity index (χ0n) is 42.5. The molecular weight excluding hydrogens is 805 g/mol. The molecule has 6 nitrogen and oxygen atoms in total. The molecule has 0 radical (unpaired) electrons. The molecule has 65 heavy (non-hydrogen) atoms. The van der Waals surface area contributed by atoms with Crippen LogP contribution in [0.25, 0.3) is 0 Å². The van der Waals surface area contributed by atoms with Crippen molar-refractivity contribution in [3.63, 3.8) is 0 Å². The lowest BCUT2D eigenvalue weighted by Crippen LogP contribution is -2.30. The van der Waals surface area contributed by atoms with Crippen molar-refractivity contribution in [3.05, 3.63) is 85.1 Å². The molecule has 1 unspecified atom stereocenters. The lowest BCUT2D eigenvalue weighted by Gasteiger charge is -2.18. The van der Waals surface area contributed by atoms with Crippen LogP contribution < -0.4 is 0 Å². The van der Waals surface area contributed by atoms with Crippen LogP contribution in [0.3, 0.4) is 0 Å².